The zero-order valence-corrected chi connectivity index (χ0v) is 10.0. The van der Waals surface area contributed by atoms with E-state index in [4.69, 9.17) is 9.15 Å². The molecule has 17 heavy (non-hydrogen) atoms. The lowest BCUT2D eigenvalue weighted by molar-refractivity contribution is 0.105. The molecule has 2 fully saturated rings. The van der Waals surface area contributed by atoms with Crippen LogP contribution >= 0.6 is 0 Å². The van der Waals surface area contributed by atoms with Gasteiger partial charge in [0.1, 0.15) is 0 Å². The van der Waals surface area contributed by atoms with Gasteiger partial charge in [0.25, 0.3) is 0 Å². The molecule has 0 aromatic carbocycles. The number of hydrogen-bond acceptors (Lipinski definition) is 5. The summed E-state index contributed by atoms with van der Waals surface area (Å²) in [7, 11) is 0. The first-order chi connectivity index (χ1) is 8.40. The second-order valence-electron chi connectivity index (χ2n) is 4.91. The Morgan fingerprint density at radius 2 is 2.06 bits per heavy atom. The molecule has 5 heteroatoms. The van der Waals surface area contributed by atoms with E-state index in [1.54, 1.807) is 0 Å². The number of aromatic nitrogens is 2. The van der Waals surface area contributed by atoms with Crippen molar-refractivity contribution < 1.29 is 9.15 Å². The molecule has 0 spiro atoms. The highest BCUT2D eigenvalue weighted by Crippen LogP contribution is 2.18. The fraction of sp³-hybridized carbons (Fsp3) is 0.833. The van der Waals surface area contributed by atoms with Crippen LogP contribution in [0, 0.1) is 0 Å². The standard InChI is InChI=1S/C12H19N3O2/c1-2-10(16-7-1)8-12-15-14-11(17-12)5-6-13-9-3-4-9/h9-10,13H,1-8H2. The zero-order valence-electron chi connectivity index (χ0n) is 10.0. The summed E-state index contributed by atoms with van der Waals surface area (Å²) in [5, 5.41) is 11.6. The molecule has 1 aromatic rings. The molecule has 0 amide bonds. The lowest BCUT2D eigenvalue weighted by Crippen LogP contribution is -2.19. The van der Waals surface area contributed by atoms with E-state index in [-0.39, 0.29) is 6.10 Å². The largest absolute Gasteiger partial charge is 0.425 e. The normalized spacial score (nSPS) is 24.4. The van der Waals surface area contributed by atoms with Gasteiger partial charge in [0.2, 0.25) is 11.8 Å². The van der Waals surface area contributed by atoms with Gasteiger partial charge in [-0.15, -0.1) is 10.2 Å². The van der Waals surface area contributed by atoms with Gasteiger partial charge in [-0.2, -0.15) is 0 Å². The molecular weight excluding hydrogens is 218 g/mol. The van der Waals surface area contributed by atoms with Gasteiger partial charge < -0.3 is 14.5 Å². The quantitative estimate of drug-likeness (QED) is 0.802. The van der Waals surface area contributed by atoms with Crippen molar-refractivity contribution in [1.29, 1.82) is 0 Å². The lowest BCUT2D eigenvalue weighted by atomic mass is 10.2. The Kier molecular flexibility index (Phi) is 3.38. The van der Waals surface area contributed by atoms with Gasteiger partial charge in [0, 0.05) is 25.6 Å². The number of nitrogens with one attached hydrogen (secondary N) is 1. The van der Waals surface area contributed by atoms with E-state index >= 15 is 0 Å². The molecule has 0 radical (unpaired) electrons. The van der Waals surface area contributed by atoms with E-state index < -0.39 is 0 Å². The minimum absolute atomic E-state index is 0.285. The maximum atomic E-state index is 5.61. The van der Waals surface area contributed by atoms with Gasteiger partial charge in [-0.1, -0.05) is 0 Å². The Hall–Kier alpha value is -0.940. The van der Waals surface area contributed by atoms with Crippen LogP contribution in [-0.2, 0) is 17.6 Å². The molecule has 1 atom stereocenters. The van der Waals surface area contributed by atoms with E-state index in [9.17, 15) is 0 Å². The van der Waals surface area contributed by atoms with Crippen molar-refractivity contribution in [2.75, 3.05) is 13.2 Å². The first kappa shape index (κ1) is 11.2. The summed E-state index contributed by atoms with van der Waals surface area (Å²) in [6.07, 6.45) is 6.77. The monoisotopic (exact) mass is 237 g/mol. The van der Waals surface area contributed by atoms with Crippen LogP contribution in [0.4, 0.5) is 0 Å². The zero-order chi connectivity index (χ0) is 11.5. The van der Waals surface area contributed by atoms with Gasteiger partial charge in [-0.25, -0.2) is 0 Å². The minimum Gasteiger partial charge on any atom is -0.425 e. The Bertz CT molecular complexity index is 356. The highest BCUT2D eigenvalue weighted by atomic mass is 16.5. The molecule has 0 bridgehead atoms. The van der Waals surface area contributed by atoms with Crippen molar-refractivity contribution in [3.8, 4) is 0 Å². The molecule has 1 N–H and O–H groups in total. The smallest absolute Gasteiger partial charge is 0.219 e. The van der Waals surface area contributed by atoms with Crippen molar-refractivity contribution >= 4 is 0 Å². The predicted octanol–water partition coefficient (Wildman–Crippen LogP) is 1.09. The van der Waals surface area contributed by atoms with Gasteiger partial charge in [0.05, 0.1) is 12.5 Å². The Labute approximate surface area is 101 Å². The van der Waals surface area contributed by atoms with Crippen LogP contribution in [0.15, 0.2) is 4.42 Å². The van der Waals surface area contributed by atoms with Gasteiger partial charge in [-0.05, 0) is 25.7 Å². The summed E-state index contributed by atoms with van der Waals surface area (Å²) in [5.41, 5.74) is 0. The summed E-state index contributed by atoms with van der Waals surface area (Å²) < 4.78 is 11.2. The lowest BCUT2D eigenvalue weighted by Gasteiger charge is -2.04. The minimum atomic E-state index is 0.285. The Balaban J connectivity index is 1.43. The fourth-order valence-corrected chi connectivity index (χ4v) is 2.14. The maximum absolute atomic E-state index is 5.61. The summed E-state index contributed by atoms with van der Waals surface area (Å²) in [5.74, 6) is 1.46. The number of hydrogen-bond donors (Lipinski definition) is 1. The third kappa shape index (κ3) is 3.26. The molecule has 1 saturated heterocycles. The van der Waals surface area contributed by atoms with Crippen LogP contribution in [0.1, 0.15) is 37.5 Å². The molecule has 94 valence electrons. The summed E-state index contributed by atoms with van der Waals surface area (Å²) in [4.78, 5) is 0. The number of nitrogens with zero attached hydrogens (tertiary/aromatic N) is 2. The Morgan fingerprint density at radius 3 is 2.82 bits per heavy atom. The molecule has 1 saturated carbocycles. The van der Waals surface area contributed by atoms with Crippen LogP contribution in [0.5, 0.6) is 0 Å². The van der Waals surface area contributed by atoms with Crippen molar-refractivity contribution in [3.05, 3.63) is 11.8 Å². The van der Waals surface area contributed by atoms with E-state index in [1.807, 2.05) is 0 Å². The molecule has 1 aromatic heterocycles. The average molecular weight is 237 g/mol. The molecule has 1 aliphatic heterocycles. The second kappa shape index (κ2) is 5.14. The third-order valence-corrected chi connectivity index (χ3v) is 3.28. The predicted molar refractivity (Wildman–Crippen MR) is 61.7 cm³/mol. The van der Waals surface area contributed by atoms with E-state index in [0.29, 0.717) is 0 Å². The second-order valence-corrected chi connectivity index (χ2v) is 4.91. The highest BCUT2D eigenvalue weighted by Gasteiger charge is 2.21. The first-order valence-corrected chi connectivity index (χ1v) is 6.56. The van der Waals surface area contributed by atoms with E-state index in [2.05, 4.69) is 15.5 Å². The van der Waals surface area contributed by atoms with Crippen molar-refractivity contribution in [2.45, 2.75) is 50.7 Å². The van der Waals surface area contributed by atoms with Gasteiger partial charge >= 0.3 is 0 Å². The summed E-state index contributed by atoms with van der Waals surface area (Å²) >= 11 is 0. The molecule has 1 aliphatic carbocycles. The first-order valence-electron chi connectivity index (χ1n) is 6.56. The molecule has 2 aliphatic rings. The van der Waals surface area contributed by atoms with Gasteiger partial charge in [0.15, 0.2) is 0 Å². The van der Waals surface area contributed by atoms with Crippen LogP contribution in [-0.4, -0.2) is 35.5 Å². The van der Waals surface area contributed by atoms with Crippen LogP contribution in [0.25, 0.3) is 0 Å². The van der Waals surface area contributed by atoms with Crippen molar-refractivity contribution in [1.82, 2.24) is 15.5 Å². The number of rotatable bonds is 6. The van der Waals surface area contributed by atoms with E-state index in [0.717, 1.165) is 56.7 Å². The molecular formula is C12H19N3O2. The third-order valence-electron chi connectivity index (χ3n) is 3.28. The topological polar surface area (TPSA) is 60.2 Å². The molecule has 1 unspecified atom stereocenters. The summed E-state index contributed by atoms with van der Waals surface area (Å²) in [6.45, 7) is 1.81. The van der Waals surface area contributed by atoms with Gasteiger partial charge in [-0.3, -0.25) is 0 Å². The van der Waals surface area contributed by atoms with Crippen molar-refractivity contribution in [3.63, 3.8) is 0 Å². The van der Waals surface area contributed by atoms with Crippen molar-refractivity contribution in [2.24, 2.45) is 0 Å². The molecule has 5 nitrogen and oxygen atoms in total. The molecule has 3 rings (SSSR count). The fourth-order valence-electron chi connectivity index (χ4n) is 2.14. The Morgan fingerprint density at radius 1 is 1.18 bits per heavy atom. The SMILES string of the molecule is C1COC(Cc2nnc(CCNC3CC3)o2)C1. The molecule has 2 heterocycles. The highest BCUT2D eigenvalue weighted by molar-refractivity contribution is 4.88. The van der Waals surface area contributed by atoms with E-state index in [1.165, 1.54) is 12.8 Å². The average Bonchev–Trinajstić information content (AvgIpc) is 2.83. The van der Waals surface area contributed by atoms with Crippen LogP contribution in [0.2, 0.25) is 0 Å². The maximum Gasteiger partial charge on any atom is 0.219 e. The number of ether oxygens (including phenoxy) is 1. The van der Waals surface area contributed by atoms with Crippen LogP contribution < -0.4 is 5.32 Å². The van der Waals surface area contributed by atoms with Crippen LogP contribution in [0.3, 0.4) is 0 Å². The summed E-state index contributed by atoms with van der Waals surface area (Å²) in [6, 6.07) is 0.740.